The molecule has 0 spiro atoms. The van der Waals surface area contributed by atoms with Crippen LogP contribution >= 0.6 is 0 Å². The van der Waals surface area contributed by atoms with Crippen LogP contribution in [0, 0.1) is 5.92 Å². The van der Waals surface area contributed by atoms with Gasteiger partial charge in [-0.05, 0) is 32.3 Å². The monoisotopic (exact) mass is 415 g/mol. The number of cyclic esters (lactones) is 1. The molecule has 0 aliphatic carbocycles. The molecule has 2 aliphatic heterocycles. The first-order chi connectivity index (χ1) is 14.3. The normalized spacial score (nSPS) is 26.4. The van der Waals surface area contributed by atoms with Crippen molar-refractivity contribution in [1.82, 2.24) is 4.90 Å². The van der Waals surface area contributed by atoms with Gasteiger partial charge >= 0.3 is 17.9 Å². The largest absolute Gasteiger partial charge is 0.463 e. The molecule has 30 heavy (non-hydrogen) atoms. The second kappa shape index (κ2) is 8.60. The van der Waals surface area contributed by atoms with E-state index in [1.165, 1.54) is 0 Å². The lowest BCUT2D eigenvalue weighted by Gasteiger charge is -2.49. The summed E-state index contributed by atoms with van der Waals surface area (Å²) in [5.41, 5.74) is -0.334. The van der Waals surface area contributed by atoms with Crippen LogP contribution in [0.4, 0.5) is 0 Å². The number of carbonyl (C=O) groups excluding carboxylic acids is 3. The Labute approximate surface area is 177 Å². The highest BCUT2D eigenvalue weighted by Gasteiger charge is 2.62. The highest BCUT2D eigenvalue weighted by molar-refractivity contribution is 6.09. The van der Waals surface area contributed by atoms with E-state index in [1.54, 1.807) is 20.8 Å². The molecule has 0 N–H and O–H groups in total. The van der Waals surface area contributed by atoms with Crippen molar-refractivity contribution in [1.29, 1.82) is 0 Å². The van der Waals surface area contributed by atoms with Gasteiger partial charge in [0.25, 0.3) is 0 Å². The molecule has 7 heteroatoms. The second-order valence-corrected chi connectivity index (χ2v) is 7.96. The van der Waals surface area contributed by atoms with Crippen LogP contribution in [0.5, 0.6) is 0 Å². The number of fused-ring (bicyclic) bond motifs is 1. The maximum atomic E-state index is 13.3. The molecule has 0 radical (unpaired) electrons. The van der Waals surface area contributed by atoms with Gasteiger partial charge in [-0.1, -0.05) is 44.2 Å². The minimum atomic E-state index is -1.44. The average Bonchev–Trinajstić information content (AvgIpc) is 3.03. The van der Waals surface area contributed by atoms with Crippen LogP contribution in [0.2, 0.25) is 0 Å². The standard InChI is InChI=1S/C23H29NO6/c1-6-28-20(25)16-13-24-18(15-11-9-8-10-12-15)19(14(3)4)30-22(27)23(24,5)17(16)21(26)29-7-2/h8-12,14,18-19H,6-7,13H2,1-5H3/t18-,19+,23-/m0/s1. The summed E-state index contributed by atoms with van der Waals surface area (Å²) in [6, 6.07) is 9.35. The van der Waals surface area contributed by atoms with Crippen molar-refractivity contribution in [3.8, 4) is 0 Å². The Morgan fingerprint density at radius 3 is 2.30 bits per heavy atom. The summed E-state index contributed by atoms with van der Waals surface area (Å²) >= 11 is 0. The van der Waals surface area contributed by atoms with Crippen LogP contribution in [-0.2, 0) is 28.6 Å². The molecule has 162 valence electrons. The van der Waals surface area contributed by atoms with Crippen molar-refractivity contribution < 1.29 is 28.6 Å². The molecule has 1 aromatic carbocycles. The highest BCUT2D eigenvalue weighted by Crippen LogP contribution is 2.48. The van der Waals surface area contributed by atoms with Gasteiger partial charge in [-0.25, -0.2) is 14.4 Å². The van der Waals surface area contributed by atoms with Crippen LogP contribution < -0.4 is 0 Å². The van der Waals surface area contributed by atoms with Gasteiger partial charge in [0.1, 0.15) is 6.10 Å². The van der Waals surface area contributed by atoms with Crippen LogP contribution in [0.25, 0.3) is 0 Å². The fraction of sp³-hybridized carbons (Fsp3) is 0.522. The Bertz CT molecular complexity index is 862. The van der Waals surface area contributed by atoms with Crippen LogP contribution in [0.3, 0.4) is 0 Å². The van der Waals surface area contributed by atoms with E-state index in [0.717, 1.165) is 5.56 Å². The van der Waals surface area contributed by atoms with E-state index in [2.05, 4.69) is 0 Å². The Morgan fingerprint density at radius 1 is 1.13 bits per heavy atom. The SMILES string of the molecule is CCOC(=O)C1=C(C(=O)OCC)[C@@]2(C)C(=O)O[C@H](C(C)C)[C@H](c3ccccc3)N2C1. The van der Waals surface area contributed by atoms with E-state index >= 15 is 0 Å². The molecular weight excluding hydrogens is 386 g/mol. The molecule has 3 atom stereocenters. The number of ether oxygens (including phenoxy) is 3. The van der Waals surface area contributed by atoms with Crippen molar-refractivity contribution in [2.24, 2.45) is 5.92 Å². The van der Waals surface area contributed by atoms with Gasteiger partial charge in [-0.3, -0.25) is 4.90 Å². The molecule has 7 nitrogen and oxygen atoms in total. The van der Waals surface area contributed by atoms with E-state index in [4.69, 9.17) is 14.2 Å². The molecule has 2 heterocycles. The van der Waals surface area contributed by atoms with Gasteiger partial charge in [-0.15, -0.1) is 0 Å². The Hall–Kier alpha value is -2.67. The fourth-order valence-electron chi connectivity index (χ4n) is 4.35. The van der Waals surface area contributed by atoms with E-state index in [1.807, 2.05) is 49.1 Å². The molecule has 1 saturated heterocycles. The molecule has 0 amide bonds. The van der Waals surface area contributed by atoms with Gasteiger partial charge in [-0.2, -0.15) is 0 Å². The van der Waals surface area contributed by atoms with Gasteiger partial charge in [0.2, 0.25) is 0 Å². The van der Waals surface area contributed by atoms with Crippen molar-refractivity contribution in [2.75, 3.05) is 19.8 Å². The predicted octanol–water partition coefficient (Wildman–Crippen LogP) is 2.81. The van der Waals surface area contributed by atoms with Crippen LogP contribution in [0.1, 0.15) is 46.2 Å². The number of esters is 3. The Balaban J connectivity index is 2.17. The third kappa shape index (κ3) is 3.51. The molecule has 3 rings (SSSR count). The maximum absolute atomic E-state index is 13.3. The summed E-state index contributed by atoms with van der Waals surface area (Å²) in [6.45, 7) is 9.36. The van der Waals surface area contributed by atoms with Crippen LogP contribution in [-0.4, -0.2) is 54.2 Å². The third-order valence-electron chi connectivity index (χ3n) is 5.78. The van der Waals surface area contributed by atoms with Crippen molar-refractivity contribution >= 4 is 17.9 Å². The first-order valence-corrected chi connectivity index (χ1v) is 10.4. The van der Waals surface area contributed by atoms with Gasteiger partial charge < -0.3 is 14.2 Å². The summed E-state index contributed by atoms with van der Waals surface area (Å²) < 4.78 is 16.3. The highest BCUT2D eigenvalue weighted by atomic mass is 16.6. The average molecular weight is 415 g/mol. The summed E-state index contributed by atoms with van der Waals surface area (Å²) in [6.07, 6.45) is -0.432. The number of morpholine rings is 1. The van der Waals surface area contributed by atoms with Gasteiger partial charge in [0.05, 0.1) is 30.4 Å². The molecular formula is C23H29NO6. The molecule has 1 fully saturated rings. The first kappa shape index (κ1) is 22.0. The van der Waals surface area contributed by atoms with E-state index in [-0.39, 0.29) is 42.9 Å². The third-order valence-corrected chi connectivity index (χ3v) is 5.78. The molecule has 2 aliphatic rings. The summed E-state index contributed by atoms with van der Waals surface area (Å²) in [5, 5.41) is 0. The zero-order valence-electron chi connectivity index (χ0n) is 18.1. The lowest BCUT2D eigenvalue weighted by atomic mass is 9.83. The van der Waals surface area contributed by atoms with E-state index in [0.29, 0.717) is 0 Å². The Kier molecular flexibility index (Phi) is 6.31. The first-order valence-electron chi connectivity index (χ1n) is 10.4. The second-order valence-electron chi connectivity index (χ2n) is 7.96. The minimum Gasteiger partial charge on any atom is -0.463 e. The number of carbonyl (C=O) groups is 3. The minimum absolute atomic E-state index is 0.0101. The maximum Gasteiger partial charge on any atom is 0.337 e. The van der Waals surface area contributed by atoms with Crippen molar-refractivity contribution in [3.05, 3.63) is 47.0 Å². The summed E-state index contributed by atoms with van der Waals surface area (Å²) in [5.74, 6) is -1.84. The van der Waals surface area contributed by atoms with Crippen molar-refractivity contribution in [2.45, 2.75) is 52.3 Å². The number of rotatable bonds is 6. The molecule has 0 saturated carbocycles. The van der Waals surface area contributed by atoms with E-state index < -0.39 is 29.6 Å². The smallest absolute Gasteiger partial charge is 0.337 e. The Morgan fingerprint density at radius 2 is 1.73 bits per heavy atom. The number of hydrogen-bond donors (Lipinski definition) is 0. The predicted molar refractivity (Wildman–Crippen MR) is 109 cm³/mol. The number of benzene rings is 1. The quantitative estimate of drug-likeness (QED) is 0.522. The lowest BCUT2D eigenvalue weighted by molar-refractivity contribution is -0.186. The topological polar surface area (TPSA) is 82.1 Å². The molecule has 0 unspecified atom stereocenters. The molecule has 0 bridgehead atoms. The molecule has 0 aromatic heterocycles. The van der Waals surface area contributed by atoms with E-state index in [9.17, 15) is 14.4 Å². The lowest BCUT2D eigenvalue weighted by Crippen LogP contribution is -2.62. The van der Waals surface area contributed by atoms with Gasteiger partial charge in [0.15, 0.2) is 5.54 Å². The fourth-order valence-corrected chi connectivity index (χ4v) is 4.35. The van der Waals surface area contributed by atoms with Gasteiger partial charge in [0, 0.05) is 6.54 Å². The van der Waals surface area contributed by atoms with Crippen molar-refractivity contribution in [3.63, 3.8) is 0 Å². The number of nitrogens with zero attached hydrogens (tertiary/aromatic N) is 1. The summed E-state index contributed by atoms with van der Waals surface area (Å²) in [7, 11) is 0. The number of hydrogen-bond acceptors (Lipinski definition) is 7. The zero-order valence-corrected chi connectivity index (χ0v) is 18.1. The molecule has 1 aromatic rings. The summed E-state index contributed by atoms with van der Waals surface area (Å²) in [4.78, 5) is 40.8. The zero-order chi connectivity index (χ0) is 22.1. The van der Waals surface area contributed by atoms with Crippen LogP contribution in [0.15, 0.2) is 41.5 Å².